The zero-order valence-electron chi connectivity index (χ0n) is 8.39. The number of likely N-dealkylation sites (tertiary alicyclic amines) is 1. The first-order valence-corrected chi connectivity index (χ1v) is 4.99. The van der Waals surface area contributed by atoms with E-state index >= 15 is 0 Å². The highest BCUT2D eigenvalue weighted by Gasteiger charge is 2.29. The molecule has 0 unspecified atom stereocenters. The maximum absolute atomic E-state index is 11.8. The number of benzene rings is 1. The lowest BCUT2D eigenvalue weighted by atomic mass is 9.99. The number of amides is 1. The molecule has 1 aliphatic heterocycles. The maximum atomic E-state index is 11.8. The van der Waals surface area contributed by atoms with Gasteiger partial charge in [0.25, 0.3) is 5.91 Å². The molecule has 3 N–H and O–H groups in total. The second kappa shape index (κ2) is 3.90. The van der Waals surface area contributed by atoms with Crippen molar-refractivity contribution in [2.24, 2.45) is 11.7 Å². The molecule has 4 heteroatoms. The predicted molar refractivity (Wildman–Crippen MR) is 56.6 cm³/mol. The van der Waals surface area contributed by atoms with Crippen LogP contribution in [0.15, 0.2) is 24.3 Å². The van der Waals surface area contributed by atoms with Crippen LogP contribution in [0.5, 0.6) is 5.75 Å². The highest BCUT2D eigenvalue weighted by molar-refractivity contribution is 5.94. The van der Waals surface area contributed by atoms with Gasteiger partial charge in [0.05, 0.1) is 0 Å². The van der Waals surface area contributed by atoms with Crippen molar-refractivity contribution in [2.45, 2.75) is 0 Å². The van der Waals surface area contributed by atoms with Gasteiger partial charge in [0.2, 0.25) is 0 Å². The van der Waals surface area contributed by atoms with Gasteiger partial charge in [-0.3, -0.25) is 4.79 Å². The van der Waals surface area contributed by atoms with Gasteiger partial charge in [0, 0.05) is 24.6 Å². The van der Waals surface area contributed by atoms with E-state index in [0.29, 0.717) is 18.0 Å². The molecule has 1 saturated heterocycles. The Hall–Kier alpha value is -1.55. The van der Waals surface area contributed by atoms with Crippen LogP contribution >= 0.6 is 0 Å². The van der Waals surface area contributed by atoms with Crippen LogP contribution in [0, 0.1) is 5.92 Å². The van der Waals surface area contributed by atoms with E-state index in [4.69, 9.17) is 10.8 Å². The zero-order chi connectivity index (χ0) is 10.8. The topological polar surface area (TPSA) is 66.6 Å². The molecule has 1 aromatic rings. The van der Waals surface area contributed by atoms with Crippen molar-refractivity contribution in [3.8, 4) is 5.75 Å². The molecule has 1 amide bonds. The molecule has 0 aliphatic carbocycles. The molecular formula is C11H14N2O2. The third-order valence-corrected chi connectivity index (χ3v) is 2.69. The van der Waals surface area contributed by atoms with Crippen molar-refractivity contribution in [1.29, 1.82) is 0 Å². The van der Waals surface area contributed by atoms with Crippen LogP contribution in [0.3, 0.4) is 0 Å². The highest BCUT2D eigenvalue weighted by atomic mass is 16.3. The largest absolute Gasteiger partial charge is 0.508 e. The molecule has 0 bridgehead atoms. The monoisotopic (exact) mass is 206 g/mol. The summed E-state index contributed by atoms with van der Waals surface area (Å²) in [6.45, 7) is 2.13. The summed E-state index contributed by atoms with van der Waals surface area (Å²) in [6.07, 6.45) is 0. The van der Waals surface area contributed by atoms with Crippen molar-refractivity contribution in [1.82, 2.24) is 4.90 Å². The molecule has 4 nitrogen and oxygen atoms in total. The van der Waals surface area contributed by atoms with Crippen molar-refractivity contribution in [3.63, 3.8) is 0 Å². The maximum Gasteiger partial charge on any atom is 0.253 e. The Morgan fingerprint density at radius 3 is 2.53 bits per heavy atom. The molecular weight excluding hydrogens is 192 g/mol. The van der Waals surface area contributed by atoms with E-state index < -0.39 is 0 Å². The van der Waals surface area contributed by atoms with E-state index in [9.17, 15) is 4.79 Å². The summed E-state index contributed by atoms with van der Waals surface area (Å²) in [5.41, 5.74) is 6.10. The van der Waals surface area contributed by atoms with Crippen molar-refractivity contribution < 1.29 is 9.90 Å². The Labute approximate surface area is 88.3 Å². The molecule has 2 rings (SSSR count). The first-order chi connectivity index (χ1) is 7.20. The quantitative estimate of drug-likeness (QED) is 0.737. The molecule has 1 aliphatic rings. The fourth-order valence-electron chi connectivity index (χ4n) is 1.67. The zero-order valence-corrected chi connectivity index (χ0v) is 8.39. The molecule has 0 saturated carbocycles. The van der Waals surface area contributed by atoms with E-state index in [1.165, 1.54) is 12.1 Å². The molecule has 0 spiro atoms. The van der Waals surface area contributed by atoms with Crippen LogP contribution < -0.4 is 5.73 Å². The normalized spacial score (nSPS) is 16.2. The van der Waals surface area contributed by atoms with E-state index in [-0.39, 0.29) is 11.7 Å². The Morgan fingerprint density at radius 2 is 2.00 bits per heavy atom. The lowest BCUT2D eigenvalue weighted by Gasteiger charge is -2.38. The van der Waals surface area contributed by atoms with E-state index in [1.54, 1.807) is 17.0 Å². The minimum atomic E-state index is 0.0136. The summed E-state index contributed by atoms with van der Waals surface area (Å²) in [5, 5.41) is 9.09. The molecule has 0 atom stereocenters. The second-order valence-corrected chi connectivity index (χ2v) is 3.86. The Bertz CT molecular complexity index is 355. The van der Waals surface area contributed by atoms with Gasteiger partial charge in [-0.15, -0.1) is 0 Å². The number of phenols is 1. The number of nitrogens with two attached hydrogens (primary N) is 1. The van der Waals surface area contributed by atoms with Gasteiger partial charge >= 0.3 is 0 Å². The smallest absolute Gasteiger partial charge is 0.253 e. The van der Waals surface area contributed by atoms with Crippen LogP contribution in [0.1, 0.15) is 10.4 Å². The van der Waals surface area contributed by atoms with Gasteiger partial charge in [-0.05, 0) is 30.8 Å². The first-order valence-electron chi connectivity index (χ1n) is 4.99. The summed E-state index contributed by atoms with van der Waals surface area (Å²) in [4.78, 5) is 13.6. The van der Waals surface area contributed by atoms with Gasteiger partial charge in [0.15, 0.2) is 0 Å². The third-order valence-electron chi connectivity index (χ3n) is 2.69. The van der Waals surface area contributed by atoms with Crippen LogP contribution in [-0.2, 0) is 0 Å². The average molecular weight is 206 g/mol. The standard InChI is InChI=1S/C11H14N2O2/c12-5-8-6-13(7-8)11(15)9-1-3-10(14)4-2-9/h1-4,8,14H,5-7,12H2. The van der Waals surface area contributed by atoms with Crippen molar-refractivity contribution in [2.75, 3.05) is 19.6 Å². The minimum Gasteiger partial charge on any atom is -0.508 e. The van der Waals surface area contributed by atoms with Gasteiger partial charge < -0.3 is 15.7 Å². The summed E-state index contributed by atoms with van der Waals surface area (Å²) >= 11 is 0. The molecule has 1 heterocycles. The summed E-state index contributed by atoms with van der Waals surface area (Å²) in [5.74, 6) is 0.640. The number of aromatic hydroxyl groups is 1. The Morgan fingerprint density at radius 1 is 1.40 bits per heavy atom. The van der Waals surface area contributed by atoms with E-state index in [0.717, 1.165) is 13.1 Å². The highest BCUT2D eigenvalue weighted by Crippen LogP contribution is 2.18. The second-order valence-electron chi connectivity index (χ2n) is 3.86. The van der Waals surface area contributed by atoms with Crippen molar-refractivity contribution in [3.05, 3.63) is 29.8 Å². The summed E-state index contributed by atoms with van der Waals surface area (Å²) in [7, 11) is 0. The van der Waals surface area contributed by atoms with Crippen LogP contribution in [-0.4, -0.2) is 35.5 Å². The number of hydrogen-bond donors (Lipinski definition) is 2. The Kier molecular flexibility index (Phi) is 2.60. The van der Waals surface area contributed by atoms with Crippen molar-refractivity contribution >= 4 is 5.91 Å². The number of nitrogens with zero attached hydrogens (tertiary/aromatic N) is 1. The minimum absolute atomic E-state index is 0.0136. The molecule has 1 aromatic carbocycles. The molecule has 0 radical (unpaired) electrons. The third kappa shape index (κ3) is 1.94. The number of rotatable bonds is 2. The molecule has 0 aromatic heterocycles. The van der Waals surface area contributed by atoms with Gasteiger partial charge in [-0.25, -0.2) is 0 Å². The number of hydrogen-bond acceptors (Lipinski definition) is 3. The predicted octanol–water partition coefficient (Wildman–Crippen LogP) is 0.423. The van der Waals surface area contributed by atoms with Crippen LogP contribution in [0.25, 0.3) is 0 Å². The fourth-order valence-corrected chi connectivity index (χ4v) is 1.67. The lowest BCUT2D eigenvalue weighted by Crippen LogP contribution is -2.52. The lowest BCUT2D eigenvalue weighted by molar-refractivity contribution is 0.0515. The van der Waals surface area contributed by atoms with Gasteiger partial charge in [-0.2, -0.15) is 0 Å². The molecule has 15 heavy (non-hydrogen) atoms. The Balaban J connectivity index is 2.00. The molecule has 1 fully saturated rings. The summed E-state index contributed by atoms with van der Waals surface area (Å²) < 4.78 is 0. The average Bonchev–Trinajstić information content (AvgIpc) is 2.17. The first kappa shape index (κ1) is 9.98. The number of carbonyl (C=O) groups excluding carboxylic acids is 1. The van der Waals surface area contributed by atoms with Crippen LogP contribution in [0.2, 0.25) is 0 Å². The van der Waals surface area contributed by atoms with Crippen LogP contribution in [0.4, 0.5) is 0 Å². The molecule has 80 valence electrons. The number of phenolic OH excluding ortho intramolecular Hbond substituents is 1. The van der Waals surface area contributed by atoms with Gasteiger partial charge in [-0.1, -0.05) is 0 Å². The van der Waals surface area contributed by atoms with E-state index in [2.05, 4.69) is 0 Å². The van der Waals surface area contributed by atoms with Gasteiger partial charge in [0.1, 0.15) is 5.75 Å². The van der Waals surface area contributed by atoms with E-state index in [1.807, 2.05) is 0 Å². The number of carbonyl (C=O) groups is 1. The summed E-state index contributed by atoms with van der Waals surface area (Å²) in [6, 6.07) is 6.31. The fraction of sp³-hybridized carbons (Fsp3) is 0.364. The SMILES string of the molecule is NCC1CN(C(=O)c2ccc(O)cc2)C1.